The van der Waals surface area contributed by atoms with Crippen LogP contribution in [0.1, 0.15) is 21.8 Å². The molecular weight excluding hydrogens is 338 g/mol. The molecule has 0 bridgehead atoms. The molecular formula is C19H18ClN3O2. The van der Waals surface area contributed by atoms with Crippen LogP contribution in [0.15, 0.2) is 53.1 Å². The molecule has 1 amide bonds. The van der Waals surface area contributed by atoms with E-state index in [4.69, 9.17) is 16.0 Å². The minimum atomic E-state index is -0.109. The maximum absolute atomic E-state index is 11.9. The van der Waals surface area contributed by atoms with Crippen molar-refractivity contribution in [2.24, 2.45) is 0 Å². The van der Waals surface area contributed by atoms with Crippen molar-refractivity contribution in [1.29, 1.82) is 0 Å². The first kappa shape index (κ1) is 17.0. The second-order valence-corrected chi connectivity index (χ2v) is 5.97. The van der Waals surface area contributed by atoms with Crippen LogP contribution in [-0.4, -0.2) is 17.9 Å². The molecule has 25 heavy (non-hydrogen) atoms. The summed E-state index contributed by atoms with van der Waals surface area (Å²) >= 11 is 5.90. The van der Waals surface area contributed by atoms with Gasteiger partial charge in [0.15, 0.2) is 5.76 Å². The van der Waals surface area contributed by atoms with E-state index in [9.17, 15) is 4.79 Å². The van der Waals surface area contributed by atoms with Gasteiger partial charge in [0, 0.05) is 28.9 Å². The lowest BCUT2D eigenvalue weighted by Crippen LogP contribution is -2.19. The third-order valence-corrected chi connectivity index (χ3v) is 4.17. The molecule has 3 aromatic rings. The second kappa shape index (κ2) is 7.40. The topological polar surface area (TPSA) is 67.2 Å². The number of rotatable bonds is 5. The first-order valence-corrected chi connectivity index (χ1v) is 8.22. The van der Waals surface area contributed by atoms with Crippen molar-refractivity contribution < 1.29 is 9.21 Å². The van der Waals surface area contributed by atoms with Crippen molar-refractivity contribution in [3.63, 3.8) is 0 Å². The summed E-state index contributed by atoms with van der Waals surface area (Å²) in [6.45, 7) is 2.33. The molecule has 2 N–H and O–H groups in total. The molecule has 0 atom stereocenters. The number of benzene rings is 2. The molecule has 0 saturated carbocycles. The van der Waals surface area contributed by atoms with E-state index < -0.39 is 0 Å². The van der Waals surface area contributed by atoms with Crippen molar-refractivity contribution in [3.05, 3.63) is 70.7 Å². The Kier molecular flexibility index (Phi) is 5.05. The highest BCUT2D eigenvalue weighted by atomic mass is 35.5. The number of amides is 1. The molecule has 0 aliphatic rings. The molecule has 0 radical (unpaired) electrons. The number of hydrogen-bond acceptors (Lipinski definition) is 4. The van der Waals surface area contributed by atoms with Gasteiger partial charge in [-0.1, -0.05) is 17.7 Å². The molecule has 2 aromatic carbocycles. The van der Waals surface area contributed by atoms with E-state index in [2.05, 4.69) is 15.6 Å². The highest BCUT2D eigenvalue weighted by Crippen LogP contribution is 2.23. The van der Waals surface area contributed by atoms with Gasteiger partial charge in [-0.3, -0.25) is 4.79 Å². The lowest BCUT2D eigenvalue weighted by Gasteiger charge is -2.11. The van der Waals surface area contributed by atoms with Crippen LogP contribution in [0.2, 0.25) is 5.02 Å². The largest absolute Gasteiger partial charge is 0.439 e. The average molecular weight is 356 g/mol. The standard InChI is InChI=1S/C19H18ClN3O2/c1-12-15(19(24)21-2)4-3-5-16(12)22-11-18-23-10-17(25-18)13-6-8-14(20)9-7-13/h3-10,22H,11H2,1-2H3,(H,21,24). The van der Waals surface area contributed by atoms with Crippen LogP contribution < -0.4 is 10.6 Å². The predicted molar refractivity (Wildman–Crippen MR) is 98.8 cm³/mol. The van der Waals surface area contributed by atoms with Gasteiger partial charge < -0.3 is 15.1 Å². The Morgan fingerprint density at radius 2 is 1.96 bits per heavy atom. The molecule has 5 nitrogen and oxygen atoms in total. The Morgan fingerprint density at radius 3 is 2.68 bits per heavy atom. The van der Waals surface area contributed by atoms with Crippen molar-refractivity contribution in [2.75, 3.05) is 12.4 Å². The number of nitrogens with one attached hydrogen (secondary N) is 2. The summed E-state index contributed by atoms with van der Waals surface area (Å²) in [6.07, 6.45) is 1.69. The van der Waals surface area contributed by atoms with Crippen LogP contribution in [0.3, 0.4) is 0 Å². The number of anilines is 1. The quantitative estimate of drug-likeness (QED) is 0.717. The number of nitrogens with zero attached hydrogens (tertiary/aromatic N) is 1. The Morgan fingerprint density at radius 1 is 1.20 bits per heavy atom. The van der Waals surface area contributed by atoms with Gasteiger partial charge in [-0.15, -0.1) is 0 Å². The van der Waals surface area contributed by atoms with Crippen molar-refractivity contribution in [1.82, 2.24) is 10.3 Å². The third-order valence-electron chi connectivity index (χ3n) is 3.92. The number of aromatic nitrogens is 1. The zero-order chi connectivity index (χ0) is 17.8. The number of carbonyl (C=O) groups is 1. The van der Waals surface area contributed by atoms with Crippen molar-refractivity contribution >= 4 is 23.2 Å². The molecule has 1 heterocycles. The predicted octanol–water partition coefficient (Wildman–Crippen LogP) is 4.28. The highest BCUT2D eigenvalue weighted by molar-refractivity contribution is 6.30. The Bertz CT molecular complexity index is 888. The van der Waals surface area contributed by atoms with E-state index in [0.29, 0.717) is 28.8 Å². The molecule has 0 saturated heterocycles. The van der Waals surface area contributed by atoms with Crippen molar-refractivity contribution in [3.8, 4) is 11.3 Å². The van der Waals surface area contributed by atoms with Crippen LogP contribution in [-0.2, 0) is 6.54 Å². The first-order chi connectivity index (χ1) is 12.1. The number of carbonyl (C=O) groups excluding carboxylic acids is 1. The Labute approximate surface area is 151 Å². The summed E-state index contributed by atoms with van der Waals surface area (Å²) in [6, 6.07) is 13.0. The first-order valence-electron chi connectivity index (χ1n) is 7.84. The minimum absolute atomic E-state index is 0.109. The SMILES string of the molecule is CNC(=O)c1cccc(NCc2ncc(-c3ccc(Cl)cc3)o2)c1C. The van der Waals surface area contributed by atoms with Crippen LogP contribution in [0.25, 0.3) is 11.3 Å². The van der Waals surface area contributed by atoms with Crippen LogP contribution in [0.5, 0.6) is 0 Å². The van der Waals surface area contributed by atoms with E-state index in [1.807, 2.05) is 43.3 Å². The average Bonchev–Trinajstić information content (AvgIpc) is 3.10. The molecule has 128 valence electrons. The summed E-state index contributed by atoms with van der Waals surface area (Å²) in [5.41, 5.74) is 3.31. The van der Waals surface area contributed by atoms with Gasteiger partial charge in [0.05, 0.1) is 12.7 Å². The summed E-state index contributed by atoms with van der Waals surface area (Å²) in [5, 5.41) is 6.58. The van der Waals surface area contributed by atoms with E-state index in [1.54, 1.807) is 19.3 Å². The van der Waals surface area contributed by atoms with Gasteiger partial charge in [0.2, 0.25) is 5.89 Å². The van der Waals surface area contributed by atoms with E-state index in [-0.39, 0.29) is 5.91 Å². The normalized spacial score (nSPS) is 10.5. The van der Waals surface area contributed by atoms with Gasteiger partial charge in [0.1, 0.15) is 0 Å². The van der Waals surface area contributed by atoms with E-state index in [0.717, 1.165) is 16.8 Å². The molecule has 0 aliphatic heterocycles. The maximum Gasteiger partial charge on any atom is 0.251 e. The molecule has 0 fully saturated rings. The van der Waals surface area contributed by atoms with Crippen LogP contribution in [0.4, 0.5) is 5.69 Å². The third kappa shape index (κ3) is 3.83. The van der Waals surface area contributed by atoms with Gasteiger partial charge in [-0.05, 0) is 48.9 Å². The summed E-state index contributed by atoms with van der Waals surface area (Å²) in [5.74, 6) is 1.14. The zero-order valence-electron chi connectivity index (χ0n) is 14.0. The van der Waals surface area contributed by atoms with E-state index >= 15 is 0 Å². The molecule has 0 spiro atoms. The fourth-order valence-electron chi connectivity index (χ4n) is 2.52. The lowest BCUT2D eigenvalue weighted by atomic mass is 10.1. The smallest absolute Gasteiger partial charge is 0.251 e. The van der Waals surface area contributed by atoms with E-state index in [1.165, 1.54) is 0 Å². The van der Waals surface area contributed by atoms with Crippen LogP contribution >= 0.6 is 11.6 Å². The molecule has 1 aromatic heterocycles. The van der Waals surface area contributed by atoms with Crippen LogP contribution in [0, 0.1) is 6.92 Å². The fraction of sp³-hybridized carbons (Fsp3) is 0.158. The Balaban J connectivity index is 1.72. The highest BCUT2D eigenvalue weighted by Gasteiger charge is 2.11. The number of halogens is 1. The molecule has 0 aliphatic carbocycles. The van der Waals surface area contributed by atoms with Gasteiger partial charge in [0.25, 0.3) is 5.91 Å². The number of oxazole rings is 1. The van der Waals surface area contributed by atoms with Gasteiger partial charge in [-0.25, -0.2) is 4.98 Å². The fourth-order valence-corrected chi connectivity index (χ4v) is 2.64. The minimum Gasteiger partial charge on any atom is -0.439 e. The summed E-state index contributed by atoms with van der Waals surface area (Å²) < 4.78 is 5.77. The molecule has 6 heteroatoms. The van der Waals surface area contributed by atoms with Crippen molar-refractivity contribution in [2.45, 2.75) is 13.5 Å². The Hall–Kier alpha value is -2.79. The zero-order valence-corrected chi connectivity index (χ0v) is 14.7. The lowest BCUT2D eigenvalue weighted by molar-refractivity contribution is 0.0962. The second-order valence-electron chi connectivity index (χ2n) is 5.54. The number of hydrogen-bond donors (Lipinski definition) is 2. The van der Waals surface area contributed by atoms with Gasteiger partial charge in [-0.2, -0.15) is 0 Å². The molecule has 3 rings (SSSR count). The van der Waals surface area contributed by atoms with Gasteiger partial charge >= 0.3 is 0 Å². The summed E-state index contributed by atoms with van der Waals surface area (Å²) in [4.78, 5) is 16.2. The maximum atomic E-state index is 11.9. The monoisotopic (exact) mass is 355 g/mol. The molecule has 0 unspecified atom stereocenters. The summed E-state index contributed by atoms with van der Waals surface area (Å²) in [7, 11) is 1.62.